The highest BCUT2D eigenvalue weighted by atomic mass is 16.5. The van der Waals surface area contributed by atoms with Gasteiger partial charge in [0.05, 0.1) is 39.6 Å². The van der Waals surface area contributed by atoms with E-state index in [9.17, 15) is 14.4 Å². The Balaban J connectivity index is 4.93. The van der Waals surface area contributed by atoms with E-state index in [-0.39, 0.29) is 6.42 Å². The Labute approximate surface area is 100 Å². The lowest BCUT2D eigenvalue weighted by atomic mass is 9.87. The largest absolute Gasteiger partial charge is 0.469 e. The molecule has 0 aromatic heterocycles. The second-order valence-electron chi connectivity index (χ2n) is 3.45. The highest BCUT2D eigenvalue weighted by Gasteiger charge is 2.36. The summed E-state index contributed by atoms with van der Waals surface area (Å²) in [6.07, 6.45) is 0.181. The van der Waals surface area contributed by atoms with E-state index in [0.29, 0.717) is 6.42 Å². The van der Waals surface area contributed by atoms with E-state index in [4.69, 9.17) is 0 Å². The molecule has 6 heteroatoms. The molecule has 6 nitrogen and oxygen atoms in total. The quantitative estimate of drug-likeness (QED) is 0.502. The summed E-state index contributed by atoms with van der Waals surface area (Å²) in [6, 6.07) is 0. The number of rotatable bonds is 6. The van der Waals surface area contributed by atoms with Crippen LogP contribution in [0.25, 0.3) is 0 Å². The molecule has 17 heavy (non-hydrogen) atoms. The molecule has 0 aromatic rings. The van der Waals surface area contributed by atoms with Crippen molar-refractivity contribution in [1.82, 2.24) is 0 Å². The Morgan fingerprint density at radius 2 is 1.35 bits per heavy atom. The van der Waals surface area contributed by atoms with Gasteiger partial charge in [0.15, 0.2) is 0 Å². The van der Waals surface area contributed by atoms with Crippen molar-refractivity contribution in [3.63, 3.8) is 0 Å². The van der Waals surface area contributed by atoms with Crippen molar-refractivity contribution in [3.8, 4) is 0 Å². The lowest BCUT2D eigenvalue weighted by Crippen LogP contribution is -2.33. The molecule has 0 spiro atoms. The Kier molecular flexibility index (Phi) is 6.93. The zero-order valence-corrected chi connectivity index (χ0v) is 10.5. The van der Waals surface area contributed by atoms with E-state index < -0.39 is 29.7 Å². The average Bonchev–Trinajstić information content (AvgIpc) is 2.36. The minimum Gasteiger partial charge on any atom is -0.469 e. The van der Waals surface area contributed by atoms with Gasteiger partial charge in [-0.25, -0.2) is 0 Å². The fourth-order valence-corrected chi connectivity index (χ4v) is 1.57. The van der Waals surface area contributed by atoms with Gasteiger partial charge in [0, 0.05) is 0 Å². The maximum absolute atomic E-state index is 11.5. The third-order valence-electron chi connectivity index (χ3n) is 2.55. The van der Waals surface area contributed by atoms with Crippen LogP contribution < -0.4 is 0 Å². The van der Waals surface area contributed by atoms with Crippen LogP contribution in [0.3, 0.4) is 0 Å². The molecule has 2 atom stereocenters. The maximum atomic E-state index is 11.5. The second kappa shape index (κ2) is 7.65. The molecule has 0 N–H and O–H groups in total. The van der Waals surface area contributed by atoms with E-state index in [1.165, 1.54) is 21.3 Å². The van der Waals surface area contributed by atoms with Crippen molar-refractivity contribution < 1.29 is 28.6 Å². The van der Waals surface area contributed by atoms with E-state index in [1.807, 2.05) is 0 Å². The molecule has 0 aromatic carbocycles. The Morgan fingerprint density at radius 1 is 0.882 bits per heavy atom. The number of carbonyl (C=O) groups excluding carboxylic acids is 3. The molecule has 0 heterocycles. The first-order valence-corrected chi connectivity index (χ1v) is 5.24. The first-order valence-electron chi connectivity index (χ1n) is 5.24. The highest BCUT2D eigenvalue weighted by Crippen LogP contribution is 2.23. The Bertz CT molecular complexity index is 286. The van der Waals surface area contributed by atoms with E-state index in [2.05, 4.69) is 14.2 Å². The van der Waals surface area contributed by atoms with E-state index in [1.54, 1.807) is 6.92 Å². The van der Waals surface area contributed by atoms with E-state index >= 15 is 0 Å². The summed E-state index contributed by atoms with van der Waals surface area (Å²) < 4.78 is 13.7. The smallest absolute Gasteiger partial charge is 0.310 e. The number of methoxy groups -OCH3 is 3. The number of carbonyl (C=O) groups is 3. The molecule has 0 amide bonds. The van der Waals surface area contributed by atoms with Crippen molar-refractivity contribution in [1.29, 1.82) is 0 Å². The van der Waals surface area contributed by atoms with Gasteiger partial charge < -0.3 is 14.2 Å². The van der Waals surface area contributed by atoms with Gasteiger partial charge in [-0.15, -0.1) is 0 Å². The van der Waals surface area contributed by atoms with Crippen LogP contribution in [0.4, 0.5) is 0 Å². The molecule has 0 rings (SSSR count). The van der Waals surface area contributed by atoms with Gasteiger partial charge in [-0.1, -0.05) is 6.92 Å². The average molecular weight is 246 g/mol. The molecule has 98 valence electrons. The third-order valence-corrected chi connectivity index (χ3v) is 2.55. The Hall–Kier alpha value is -1.59. The van der Waals surface area contributed by atoms with Crippen LogP contribution in [0.1, 0.15) is 19.8 Å². The van der Waals surface area contributed by atoms with Crippen LogP contribution in [-0.4, -0.2) is 39.2 Å². The minimum atomic E-state index is -0.870. The van der Waals surface area contributed by atoms with Crippen molar-refractivity contribution in [2.75, 3.05) is 21.3 Å². The molecule has 0 fully saturated rings. The normalized spacial score (nSPS) is 13.4. The molecule has 0 aliphatic heterocycles. The molecule has 2 unspecified atom stereocenters. The predicted molar refractivity (Wildman–Crippen MR) is 57.9 cm³/mol. The van der Waals surface area contributed by atoms with Crippen LogP contribution in [0.2, 0.25) is 0 Å². The first kappa shape index (κ1) is 15.4. The molecule has 0 saturated carbocycles. The number of hydrogen-bond acceptors (Lipinski definition) is 6. The summed E-state index contributed by atoms with van der Waals surface area (Å²) in [5.74, 6) is -3.29. The molecule has 0 bridgehead atoms. The maximum Gasteiger partial charge on any atom is 0.310 e. The van der Waals surface area contributed by atoms with Gasteiger partial charge in [0.25, 0.3) is 0 Å². The predicted octanol–water partition coefficient (Wildman–Crippen LogP) is 0.538. The lowest BCUT2D eigenvalue weighted by molar-refractivity contribution is -0.161. The third kappa shape index (κ3) is 4.42. The van der Waals surface area contributed by atoms with Crippen LogP contribution in [0, 0.1) is 11.8 Å². The van der Waals surface area contributed by atoms with Crippen molar-refractivity contribution in [2.24, 2.45) is 11.8 Å². The van der Waals surface area contributed by atoms with Crippen LogP contribution in [0.15, 0.2) is 0 Å². The number of hydrogen-bond donors (Lipinski definition) is 0. The summed E-state index contributed by atoms with van der Waals surface area (Å²) in [6.45, 7) is 1.73. The summed E-state index contributed by atoms with van der Waals surface area (Å²) in [4.78, 5) is 34.2. The van der Waals surface area contributed by atoms with Crippen LogP contribution >= 0.6 is 0 Å². The molecule has 0 aliphatic rings. The summed E-state index contributed by atoms with van der Waals surface area (Å²) in [5.41, 5.74) is 0. The van der Waals surface area contributed by atoms with Crippen molar-refractivity contribution >= 4 is 17.9 Å². The van der Waals surface area contributed by atoms with Gasteiger partial charge >= 0.3 is 17.9 Å². The fraction of sp³-hybridized carbons (Fsp3) is 0.727. The Morgan fingerprint density at radius 3 is 1.71 bits per heavy atom. The first-order chi connectivity index (χ1) is 8.01. The fourth-order valence-electron chi connectivity index (χ4n) is 1.57. The number of ether oxygens (including phenoxy) is 3. The molecular formula is C11H18O6. The van der Waals surface area contributed by atoms with Gasteiger partial charge in [-0.05, 0) is 6.42 Å². The number of esters is 3. The molecule has 0 aliphatic carbocycles. The highest BCUT2D eigenvalue weighted by molar-refractivity contribution is 5.85. The van der Waals surface area contributed by atoms with Crippen LogP contribution in [-0.2, 0) is 28.6 Å². The minimum absolute atomic E-state index is 0.198. The topological polar surface area (TPSA) is 78.9 Å². The SMILES string of the molecule is CCC(C(=O)OC)C(CC(=O)OC)C(=O)OC. The second-order valence-corrected chi connectivity index (χ2v) is 3.45. The molecular weight excluding hydrogens is 228 g/mol. The molecule has 0 radical (unpaired) electrons. The lowest BCUT2D eigenvalue weighted by Gasteiger charge is -2.20. The van der Waals surface area contributed by atoms with Crippen molar-refractivity contribution in [2.45, 2.75) is 19.8 Å². The van der Waals surface area contributed by atoms with Crippen molar-refractivity contribution in [3.05, 3.63) is 0 Å². The molecule has 0 saturated heterocycles. The summed E-state index contributed by atoms with van der Waals surface area (Å²) in [5, 5.41) is 0. The van der Waals surface area contributed by atoms with Gasteiger partial charge in [0.1, 0.15) is 0 Å². The van der Waals surface area contributed by atoms with Gasteiger partial charge in [-0.3, -0.25) is 14.4 Å². The summed E-state index contributed by atoms with van der Waals surface area (Å²) >= 11 is 0. The zero-order chi connectivity index (χ0) is 13.4. The summed E-state index contributed by atoms with van der Waals surface area (Å²) in [7, 11) is 3.66. The monoisotopic (exact) mass is 246 g/mol. The van der Waals surface area contributed by atoms with E-state index in [0.717, 1.165) is 0 Å². The van der Waals surface area contributed by atoms with Gasteiger partial charge in [-0.2, -0.15) is 0 Å². The van der Waals surface area contributed by atoms with Crippen LogP contribution in [0.5, 0.6) is 0 Å². The van der Waals surface area contributed by atoms with Gasteiger partial charge in [0.2, 0.25) is 0 Å². The zero-order valence-electron chi connectivity index (χ0n) is 10.5. The standard InChI is InChI=1S/C11H18O6/c1-5-7(10(13)16-3)8(11(14)17-4)6-9(12)15-2/h7-8H,5-6H2,1-4H3.